The van der Waals surface area contributed by atoms with Crippen LogP contribution < -0.4 is 5.48 Å². The molecule has 4 nitrogen and oxygen atoms in total. The predicted octanol–water partition coefficient (Wildman–Crippen LogP) is 3.38. The lowest BCUT2D eigenvalue weighted by Gasteiger charge is -2.11. The fourth-order valence-electron chi connectivity index (χ4n) is 2.56. The smallest absolute Gasteiger partial charge is 0.263 e. The summed E-state index contributed by atoms with van der Waals surface area (Å²) in [5, 5.41) is 1.12. The first kappa shape index (κ1) is 14.4. The lowest BCUT2D eigenvalue weighted by Crippen LogP contribution is -2.27. The highest BCUT2D eigenvalue weighted by atomic mass is 16.6. The largest absolute Gasteiger partial charge is 0.331 e. The minimum absolute atomic E-state index is 0.166. The Hall–Kier alpha value is -2.59. The van der Waals surface area contributed by atoms with E-state index in [1.54, 1.807) is 0 Å². The first-order valence-electron chi connectivity index (χ1n) is 7.34. The number of nitrogens with zero attached hydrogens (tertiary/aromatic N) is 1. The molecule has 1 heterocycles. The lowest BCUT2D eigenvalue weighted by molar-refractivity contribution is -0.133. The predicted molar refractivity (Wildman–Crippen MR) is 87.1 cm³/mol. The number of hydroxylamine groups is 1. The van der Waals surface area contributed by atoms with Crippen molar-refractivity contribution in [1.82, 2.24) is 10.0 Å². The van der Waals surface area contributed by atoms with Gasteiger partial charge in [0.05, 0.1) is 6.61 Å². The van der Waals surface area contributed by atoms with Crippen molar-refractivity contribution in [3.63, 3.8) is 0 Å². The van der Waals surface area contributed by atoms with E-state index in [0.29, 0.717) is 6.61 Å². The first-order valence-corrected chi connectivity index (χ1v) is 7.34. The summed E-state index contributed by atoms with van der Waals surface area (Å²) in [5.41, 5.74) is 5.60. The number of hydrogen-bond donors (Lipinski definition) is 1. The molecule has 0 fully saturated rings. The van der Waals surface area contributed by atoms with E-state index in [0.717, 1.165) is 22.2 Å². The van der Waals surface area contributed by atoms with E-state index < -0.39 is 0 Å². The Morgan fingerprint density at radius 3 is 2.59 bits per heavy atom. The van der Waals surface area contributed by atoms with Crippen LogP contribution >= 0.6 is 0 Å². The molecule has 3 rings (SSSR count). The van der Waals surface area contributed by atoms with Crippen LogP contribution in [0.25, 0.3) is 22.2 Å². The summed E-state index contributed by atoms with van der Waals surface area (Å²) in [4.78, 5) is 17.0. The SMILES string of the molecule is CCONC(=O)Cn1c(-c2ccccc2)cc2ccccc21. The Morgan fingerprint density at radius 2 is 1.82 bits per heavy atom. The molecule has 0 atom stereocenters. The molecule has 2 aromatic carbocycles. The van der Waals surface area contributed by atoms with Crippen molar-refractivity contribution in [2.75, 3.05) is 6.61 Å². The fraction of sp³-hybridized carbons (Fsp3) is 0.167. The van der Waals surface area contributed by atoms with Gasteiger partial charge in [0.1, 0.15) is 6.54 Å². The maximum atomic E-state index is 12.0. The van der Waals surface area contributed by atoms with E-state index in [-0.39, 0.29) is 12.5 Å². The molecule has 0 spiro atoms. The van der Waals surface area contributed by atoms with E-state index in [4.69, 9.17) is 4.84 Å². The summed E-state index contributed by atoms with van der Waals surface area (Å²) in [6.07, 6.45) is 0. The third-order valence-electron chi connectivity index (χ3n) is 3.51. The molecule has 22 heavy (non-hydrogen) atoms. The van der Waals surface area contributed by atoms with Gasteiger partial charge in [-0.25, -0.2) is 5.48 Å². The van der Waals surface area contributed by atoms with Gasteiger partial charge in [-0.15, -0.1) is 0 Å². The topological polar surface area (TPSA) is 43.3 Å². The number of nitrogens with one attached hydrogen (secondary N) is 1. The van der Waals surface area contributed by atoms with Crippen LogP contribution in [0.3, 0.4) is 0 Å². The van der Waals surface area contributed by atoms with Gasteiger partial charge >= 0.3 is 0 Å². The average molecular weight is 294 g/mol. The van der Waals surface area contributed by atoms with E-state index in [1.165, 1.54) is 0 Å². The van der Waals surface area contributed by atoms with Gasteiger partial charge in [0.25, 0.3) is 5.91 Å². The second-order valence-electron chi connectivity index (χ2n) is 5.00. The molecule has 0 aliphatic heterocycles. The van der Waals surface area contributed by atoms with Crippen molar-refractivity contribution in [3.8, 4) is 11.3 Å². The van der Waals surface area contributed by atoms with Crippen molar-refractivity contribution in [2.45, 2.75) is 13.5 Å². The fourth-order valence-corrected chi connectivity index (χ4v) is 2.56. The number of amides is 1. The number of rotatable bonds is 5. The molecule has 1 aromatic heterocycles. The number of para-hydroxylation sites is 1. The molecule has 1 amide bonds. The van der Waals surface area contributed by atoms with E-state index >= 15 is 0 Å². The van der Waals surface area contributed by atoms with E-state index in [9.17, 15) is 4.79 Å². The molecule has 0 unspecified atom stereocenters. The van der Waals surface area contributed by atoms with Crippen LogP contribution in [0.1, 0.15) is 6.92 Å². The van der Waals surface area contributed by atoms with Gasteiger partial charge < -0.3 is 4.57 Å². The van der Waals surface area contributed by atoms with Crippen LogP contribution in [-0.4, -0.2) is 17.1 Å². The number of benzene rings is 2. The highest BCUT2D eigenvalue weighted by Crippen LogP contribution is 2.28. The zero-order valence-corrected chi connectivity index (χ0v) is 12.5. The van der Waals surface area contributed by atoms with Crippen molar-refractivity contribution >= 4 is 16.8 Å². The van der Waals surface area contributed by atoms with Gasteiger partial charge in [0.2, 0.25) is 0 Å². The number of hydrogen-bond acceptors (Lipinski definition) is 2. The van der Waals surface area contributed by atoms with Crippen molar-refractivity contribution in [3.05, 3.63) is 60.7 Å². The van der Waals surface area contributed by atoms with Gasteiger partial charge in [0, 0.05) is 16.6 Å². The first-order chi connectivity index (χ1) is 10.8. The Balaban J connectivity index is 2.04. The number of aromatic nitrogens is 1. The maximum Gasteiger partial charge on any atom is 0.263 e. The standard InChI is InChI=1S/C18H18N2O2/c1-2-22-19-18(21)13-20-16-11-7-6-10-15(16)12-17(20)14-8-4-3-5-9-14/h3-12H,2,13H2,1H3,(H,19,21). The maximum absolute atomic E-state index is 12.0. The van der Waals surface area contributed by atoms with Crippen molar-refractivity contribution < 1.29 is 9.63 Å². The Kier molecular flexibility index (Phi) is 4.21. The summed E-state index contributed by atoms with van der Waals surface area (Å²) in [6, 6.07) is 20.2. The molecule has 0 aliphatic rings. The monoisotopic (exact) mass is 294 g/mol. The Bertz CT molecular complexity index is 778. The van der Waals surface area contributed by atoms with Crippen LogP contribution in [0.4, 0.5) is 0 Å². The van der Waals surface area contributed by atoms with Crippen LogP contribution in [-0.2, 0) is 16.2 Å². The highest BCUT2D eigenvalue weighted by molar-refractivity contribution is 5.89. The minimum Gasteiger partial charge on any atom is -0.331 e. The van der Waals surface area contributed by atoms with Gasteiger partial charge in [0.15, 0.2) is 0 Å². The quantitative estimate of drug-likeness (QED) is 0.733. The molecular weight excluding hydrogens is 276 g/mol. The lowest BCUT2D eigenvalue weighted by atomic mass is 10.1. The summed E-state index contributed by atoms with van der Waals surface area (Å²) in [7, 11) is 0. The number of carbonyl (C=O) groups is 1. The van der Waals surface area contributed by atoms with E-state index in [2.05, 4.69) is 17.6 Å². The van der Waals surface area contributed by atoms with Crippen LogP contribution in [0.2, 0.25) is 0 Å². The summed E-state index contributed by atoms with van der Waals surface area (Å²) < 4.78 is 2.01. The number of carbonyl (C=O) groups excluding carboxylic acids is 1. The van der Waals surface area contributed by atoms with Gasteiger partial charge in [-0.1, -0.05) is 48.5 Å². The van der Waals surface area contributed by atoms with Crippen molar-refractivity contribution in [2.24, 2.45) is 0 Å². The number of fused-ring (bicyclic) bond motifs is 1. The third-order valence-corrected chi connectivity index (χ3v) is 3.51. The van der Waals surface area contributed by atoms with Crippen LogP contribution in [0.5, 0.6) is 0 Å². The molecule has 0 aliphatic carbocycles. The Labute approximate surface area is 129 Å². The molecule has 4 heteroatoms. The molecule has 0 radical (unpaired) electrons. The average Bonchev–Trinajstić information content (AvgIpc) is 2.92. The van der Waals surface area contributed by atoms with E-state index in [1.807, 2.05) is 60.0 Å². The zero-order valence-electron chi connectivity index (χ0n) is 12.5. The highest BCUT2D eigenvalue weighted by Gasteiger charge is 2.13. The molecule has 0 bridgehead atoms. The minimum atomic E-state index is -0.166. The second-order valence-corrected chi connectivity index (χ2v) is 5.00. The summed E-state index contributed by atoms with van der Waals surface area (Å²) in [5.74, 6) is -0.166. The third kappa shape index (κ3) is 2.87. The second kappa shape index (κ2) is 6.45. The Morgan fingerprint density at radius 1 is 1.09 bits per heavy atom. The zero-order chi connectivity index (χ0) is 15.4. The van der Waals surface area contributed by atoms with Gasteiger partial charge in [-0.2, -0.15) is 0 Å². The normalized spacial score (nSPS) is 10.8. The molecule has 0 saturated heterocycles. The molecular formula is C18H18N2O2. The van der Waals surface area contributed by atoms with Crippen LogP contribution in [0.15, 0.2) is 60.7 Å². The molecule has 1 N–H and O–H groups in total. The molecule has 3 aromatic rings. The summed E-state index contributed by atoms with van der Waals surface area (Å²) >= 11 is 0. The summed E-state index contributed by atoms with van der Waals surface area (Å²) in [6.45, 7) is 2.50. The van der Waals surface area contributed by atoms with Gasteiger partial charge in [-0.3, -0.25) is 9.63 Å². The van der Waals surface area contributed by atoms with Crippen LogP contribution in [0, 0.1) is 0 Å². The molecule has 0 saturated carbocycles. The molecule has 112 valence electrons. The van der Waals surface area contributed by atoms with Gasteiger partial charge in [-0.05, 0) is 24.6 Å². The van der Waals surface area contributed by atoms with Crippen molar-refractivity contribution in [1.29, 1.82) is 0 Å².